The monoisotopic (exact) mass is 235 g/mol. The second-order valence-corrected chi connectivity index (χ2v) is 4.59. The summed E-state index contributed by atoms with van der Waals surface area (Å²) < 4.78 is 4.60. The SMILES string of the molecule is COC(O)(O)C12CCC(O)(O)N1CC(O)C2. The molecule has 2 aliphatic heterocycles. The molecule has 2 saturated heterocycles. The minimum atomic E-state index is -2.52. The Morgan fingerprint density at radius 2 is 1.94 bits per heavy atom. The normalized spacial score (nSPS) is 39.0. The lowest BCUT2D eigenvalue weighted by molar-refractivity contribution is -0.394. The van der Waals surface area contributed by atoms with Crippen molar-refractivity contribution in [3.8, 4) is 0 Å². The maximum Gasteiger partial charge on any atom is 0.297 e. The van der Waals surface area contributed by atoms with Crippen LogP contribution in [0.25, 0.3) is 0 Å². The minimum absolute atomic E-state index is 0.0219. The first-order chi connectivity index (χ1) is 7.25. The van der Waals surface area contributed by atoms with E-state index in [2.05, 4.69) is 4.74 Å². The van der Waals surface area contributed by atoms with Crippen LogP contribution in [0.2, 0.25) is 0 Å². The van der Waals surface area contributed by atoms with Crippen molar-refractivity contribution in [2.75, 3.05) is 13.7 Å². The standard InChI is InChI=1S/C9H17NO6/c1-16-9(14,15)7-2-3-8(12,13)10(7)5-6(11)4-7/h6,11-15H,2-5H2,1H3. The Hall–Kier alpha value is -0.280. The van der Waals surface area contributed by atoms with E-state index in [1.165, 1.54) is 0 Å². The molecule has 2 fully saturated rings. The van der Waals surface area contributed by atoms with Gasteiger partial charge in [0.15, 0.2) is 0 Å². The highest BCUT2D eigenvalue weighted by Gasteiger charge is 2.68. The number of methoxy groups -OCH3 is 1. The zero-order valence-corrected chi connectivity index (χ0v) is 9.00. The van der Waals surface area contributed by atoms with Crippen molar-refractivity contribution < 1.29 is 30.3 Å². The maximum absolute atomic E-state index is 9.79. The Bertz CT molecular complexity index is 294. The Balaban J connectivity index is 2.39. The van der Waals surface area contributed by atoms with Crippen LogP contribution in [-0.2, 0) is 4.74 Å². The van der Waals surface area contributed by atoms with Crippen molar-refractivity contribution in [3.63, 3.8) is 0 Å². The lowest BCUT2D eigenvalue weighted by Crippen LogP contribution is -2.63. The number of rotatable bonds is 2. The number of β-amino-alcohol motifs (C(OH)–C–C–N with tert-alkyl or cyclic N) is 1. The fourth-order valence-corrected chi connectivity index (χ4v) is 2.85. The molecule has 0 amide bonds. The predicted octanol–water partition coefficient (Wildman–Crippen LogP) is -2.49. The summed E-state index contributed by atoms with van der Waals surface area (Å²) in [7, 11) is 1.12. The van der Waals surface area contributed by atoms with Crippen LogP contribution in [0.3, 0.4) is 0 Å². The molecular weight excluding hydrogens is 218 g/mol. The average molecular weight is 235 g/mol. The van der Waals surface area contributed by atoms with Crippen molar-refractivity contribution in [1.29, 1.82) is 0 Å². The van der Waals surface area contributed by atoms with Gasteiger partial charge >= 0.3 is 0 Å². The Labute approximate surface area is 92.5 Å². The van der Waals surface area contributed by atoms with Crippen LogP contribution in [-0.4, -0.2) is 67.6 Å². The van der Waals surface area contributed by atoms with Crippen LogP contribution in [0.15, 0.2) is 0 Å². The van der Waals surface area contributed by atoms with Gasteiger partial charge in [-0.2, -0.15) is 0 Å². The van der Waals surface area contributed by atoms with Crippen molar-refractivity contribution in [2.45, 2.75) is 42.8 Å². The summed E-state index contributed by atoms with van der Waals surface area (Å²) >= 11 is 0. The van der Waals surface area contributed by atoms with Gasteiger partial charge in [-0.3, -0.25) is 0 Å². The number of hydrogen-bond donors (Lipinski definition) is 5. The van der Waals surface area contributed by atoms with Crippen molar-refractivity contribution in [1.82, 2.24) is 4.90 Å². The third kappa shape index (κ3) is 1.41. The average Bonchev–Trinajstić information content (AvgIpc) is 2.65. The largest absolute Gasteiger partial charge is 0.392 e. The zero-order valence-electron chi connectivity index (χ0n) is 9.00. The van der Waals surface area contributed by atoms with Crippen molar-refractivity contribution in [3.05, 3.63) is 0 Å². The van der Waals surface area contributed by atoms with Gasteiger partial charge in [-0.05, 0) is 6.42 Å². The van der Waals surface area contributed by atoms with E-state index in [0.717, 1.165) is 12.0 Å². The van der Waals surface area contributed by atoms with Gasteiger partial charge in [0.1, 0.15) is 5.54 Å². The van der Waals surface area contributed by atoms with Gasteiger partial charge in [0.25, 0.3) is 5.97 Å². The summed E-state index contributed by atoms with van der Waals surface area (Å²) in [6.45, 7) is -0.0285. The summed E-state index contributed by atoms with van der Waals surface area (Å²) in [4.78, 5) is 1.09. The molecule has 0 radical (unpaired) electrons. The summed E-state index contributed by atoms with van der Waals surface area (Å²) in [5, 5.41) is 48.5. The first-order valence-corrected chi connectivity index (χ1v) is 5.16. The van der Waals surface area contributed by atoms with E-state index in [1.807, 2.05) is 0 Å². The summed E-state index contributed by atoms with van der Waals surface area (Å²) in [6.07, 6.45) is -0.714. The van der Waals surface area contributed by atoms with Gasteiger partial charge in [-0.25, -0.2) is 4.90 Å². The van der Waals surface area contributed by atoms with Crippen LogP contribution in [0.4, 0.5) is 0 Å². The van der Waals surface area contributed by atoms with Gasteiger partial charge in [0, 0.05) is 26.5 Å². The highest BCUT2D eigenvalue weighted by atomic mass is 16.8. The first-order valence-electron chi connectivity index (χ1n) is 5.16. The molecule has 2 rings (SSSR count). The summed E-state index contributed by atoms with van der Waals surface area (Å²) in [6, 6.07) is 0. The molecule has 16 heavy (non-hydrogen) atoms. The molecule has 2 unspecified atom stereocenters. The number of fused-ring (bicyclic) bond motifs is 1. The third-order valence-electron chi connectivity index (χ3n) is 3.68. The number of nitrogens with zero attached hydrogens (tertiary/aromatic N) is 1. The van der Waals surface area contributed by atoms with Crippen LogP contribution in [0.1, 0.15) is 19.3 Å². The molecule has 94 valence electrons. The van der Waals surface area contributed by atoms with E-state index in [9.17, 15) is 25.5 Å². The molecule has 0 aromatic heterocycles. The molecule has 0 aromatic carbocycles. The van der Waals surface area contributed by atoms with Crippen LogP contribution >= 0.6 is 0 Å². The van der Waals surface area contributed by atoms with Crippen LogP contribution in [0.5, 0.6) is 0 Å². The Kier molecular flexibility index (Phi) is 2.56. The molecule has 0 aliphatic carbocycles. The highest BCUT2D eigenvalue weighted by Crippen LogP contribution is 2.50. The molecule has 2 aliphatic rings. The molecule has 0 spiro atoms. The fraction of sp³-hybridized carbons (Fsp3) is 1.00. The maximum atomic E-state index is 9.79. The first kappa shape index (κ1) is 12.2. The van der Waals surface area contributed by atoms with Crippen molar-refractivity contribution in [2.24, 2.45) is 0 Å². The minimum Gasteiger partial charge on any atom is -0.392 e. The second-order valence-electron chi connectivity index (χ2n) is 4.59. The number of ether oxygens (including phenoxy) is 1. The molecule has 7 heteroatoms. The van der Waals surface area contributed by atoms with E-state index in [4.69, 9.17) is 0 Å². The van der Waals surface area contributed by atoms with E-state index < -0.39 is 23.5 Å². The molecule has 0 saturated carbocycles. The summed E-state index contributed by atoms with van der Waals surface area (Å²) in [5.74, 6) is -4.65. The van der Waals surface area contributed by atoms with E-state index in [1.54, 1.807) is 0 Å². The van der Waals surface area contributed by atoms with Gasteiger partial charge in [-0.15, -0.1) is 0 Å². The second kappa shape index (κ2) is 3.36. The van der Waals surface area contributed by atoms with Gasteiger partial charge < -0.3 is 30.3 Å². The molecule has 5 N–H and O–H groups in total. The molecular formula is C9H17NO6. The Morgan fingerprint density at radius 1 is 1.31 bits per heavy atom. The Morgan fingerprint density at radius 3 is 2.50 bits per heavy atom. The molecule has 2 heterocycles. The fourth-order valence-electron chi connectivity index (χ4n) is 2.85. The molecule has 7 nitrogen and oxygen atoms in total. The molecule has 2 atom stereocenters. The highest BCUT2D eigenvalue weighted by molar-refractivity contribution is 5.10. The van der Waals surface area contributed by atoms with Gasteiger partial charge in [0.05, 0.1) is 6.10 Å². The number of aliphatic hydroxyl groups is 5. The quantitative estimate of drug-likeness (QED) is 0.336. The van der Waals surface area contributed by atoms with Crippen molar-refractivity contribution >= 4 is 0 Å². The lowest BCUT2D eigenvalue weighted by atomic mass is 9.90. The molecule has 0 aromatic rings. The molecule has 0 bridgehead atoms. The smallest absolute Gasteiger partial charge is 0.297 e. The van der Waals surface area contributed by atoms with E-state index in [0.29, 0.717) is 0 Å². The van der Waals surface area contributed by atoms with E-state index in [-0.39, 0.29) is 25.8 Å². The zero-order chi connectivity index (χ0) is 12.2. The van der Waals surface area contributed by atoms with Crippen LogP contribution in [0, 0.1) is 0 Å². The topological polar surface area (TPSA) is 114 Å². The predicted molar refractivity (Wildman–Crippen MR) is 50.6 cm³/mol. The summed E-state index contributed by atoms with van der Waals surface area (Å²) in [5.41, 5.74) is -1.37. The van der Waals surface area contributed by atoms with Crippen LogP contribution < -0.4 is 0 Å². The lowest BCUT2D eigenvalue weighted by Gasteiger charge is -2.42. The number of hydrogen-bond acceptors (Lipinski definition) is 7. The third-order valence-corrected chi connectivity index (χ3v) is 3.68. The number of aliphatic hydroxyl groups excluding tert-OH is 1. The van der Waals surface area contributed by atoms with E-state index >= 15 is 0 Å². The van der Waals surface area contributed by atoms with Gasteiger partial charge in [-0.1, -0.05) is 0 Å². The van der Waals surface area contributed by atoms with Gasteiger partial charge in [0.2, 0.25) is 5.91 Å².